The SMILES string of the molecule is CCc1nc(C(=O)NCC(C)C)n[nH]1. The summed E-state index contributed by atoms with van der Waals surface area (Å²) in [5.74, 6) is 1.18. The average Bonchev–Trinajstić information content (AvgIpc) is 2.62. The van der Waals surface area contributed by atoms with Gasteiger partial charge < -0.3 is 5.32 Å². The number of hydrogen-bond donors (Lipinski definition) is 2. The third-order valence-corrected chi connectivity index (χ3v) is 1.74. The molecule has 0 saturated carbocycles. The van der Waals surface area contributed by atoms with Crippen LogP contribution in [0.1, 0.15) is 37.2 Å². The molecule has 0 radical (unpaired) electrons. The summed E-state index contributed by atoms with van der Waals surface area (Å²) in [6.07, 6.45) is 0.754. The van der Waals surface area contributed by atoms with Crippen molar-refractivity contribution in [1.82, 2.24) is 20.5 Å². The summed E-state index contributed by atoms with van der Waals surface area (Å²) < 4.78 is 0. The fourth-order valence-electron chi connectivity index (χ4n) is 0.931. The number of amides is 1. The second kappa shape index (κ2) is 4.74. The minimum absolute atomic E-state index is 0.213. The molecule has 0 aromatic carbocycles. The molecular formula is C9H16N4O. The van der Waals surface area contributed by atoms with Crippen LogP contribution in [0.2, 0.25) is 0 Å². The van der Waals surface area contributed by atoms with Gasteiger partial charge in [0.1, 0.15) is 5.82 Å². The summed E-state index contributed by atoms with van der Waals surface area (Å²) in [5.41, 5.74) is 0. The van der Waals surface area contributed by atoms with E-state index in [0.29, 0.717) is 12.5 Å². The highest BCUT2D eigenvalue weighted by molar-refractivity contribution is 5.90. The van der Waals surface area contributed by atoms with E-state index in [1.165, 1.54) is 0 Å². The van der Waals surface area contributed by atoms with Crippen LogP contribution < -0.4 is 5.32 Å². The Bertz CT molecular complexity index is 306. The zero-order valence-corrected chi connectivity index (χ0v) is 8.79. The molecule has 0 aliphatic rings. The van der Waals surface area contributed by atoms with Gasteiger partial charge in [-0.2, -0.15) is 0 Å². The molecule has 78 valence electrons. The summed E-state index contributed by atoms with van der Waals surface area (Å²) in [6.45, 7) is 6.68. The molecule has 14 heavy (non-hydrogen) atoms. The van der Waals surface area contributed by atoms with E-state index in [4.69, 9.17) is 0 Å². The van der Waals surface area contributed by atoms with E-state index in [9.17, 15) is 4.79 Å². The molecule has 0 aliphatic carbocycles. The number of aromatic nitrogens is 3. The van der Waals surface area contributed by atoms with E-state index in [-0.39, 0.29) is 11.7 Å². The van der Waals surface area contributed by atoms with Crippen molar-refractivity contribution < 1.29 is 4.79 Å². The minimum Gasteiger partial charge on any atom is -0.349 e. The summed E-state index contributed by atoms with van der Waals surface area (Å²) in [4.78, 5) is 15.5. The van der Waals surface area contributed by atoms with Crippen LogP contribution in [-0.2, 0) is 6.42 Å². The van der Waals surface area contributed by atoms with Crippen LogP contribution in [0.15, 0.2) is 0 Å². The fourth-order valence-corrected chi connectivity index (χ4v) is 0.931. The van der Waals surface area contributed by atoms with Gasteiger partial charge in [-0.25, -0.2) is 4.98 Å². The Labute approximate surface area is 83.3 Å². The Kier molecular flexibility index (Phi) is 3.62. The predicted octanol–water partition coefficient (Wildman–Crippen LogP) is 0.753. The standard InChI is InChI=1S/C9H16N4O/c1-4-7-11-8(13-12-7)9(14)10-5-6(2)3/h6H,4-5H2,1-3H3,(H,10,14)(H,11,12,13). The van der Waals surface area contributed by atoms with E-state index in [2.05, 4.69) is 20.5 Å². The molecule has 1 aromatic rings. The topological polar surface area (TPSA) is 70.7 Å². The Balaban J connectivity index is 2.52. The molecule has 0 unspecified atom stereocenters. The van der Waals surface area contributed by atoms with Gasteiger partial charge in [-0.15, -0.1) is 5.10 Å². The highest BCUT2D eigenvalue weighted by Crippen LogP contribution is 1.94. The van der Waals surface area contributed by atoms with E-state index in [1.54, 1.807) is 0 Å². The van der Waals surface area contributed by atoms with Gasteiger partial charge in [0.2, 0.25) is 5.82 Å². The van der Waals surface area contributed by atoms with Gasteiger partial charge in [-0.3, -0.25) is 9.89 Å². The summed E-state index contributed by atoms with van der Waals surface area (Å²) >= 11 is 0. The van der Waals surface area contributed by atoms with Crippen molar-refractivity contribution in [3.05, 3.63) is 11.6 Å². The van der Waals surface area contributed by atoms with Gasteiger partial charge in [0, 0.05) is 13.0 Å². The lowest BCUT2D eigenvalue weighted by Gasteiger charge is -2.04. The molecule has 5 heteroatoms. The number of nitrogens with one attached hydrogen (secondary N) is 2. The lowest BCUT2D eigenvalue weighted by molar-refractivity contribution is 0.0939. The van der Waals surface area contributed by atoms with Crippen LogP contribution >= 0.6 is 0 Å². The van der Waals surface area contributed by atoms with Gasteiger partial charge in [0.05, 0.1) is 0 Å². The highest BCUT2D eigenvalue weighted by atomic mass is 16.2. The van der Waals surface area contributed by atoms with Gasteiger partial charge in [-0.05, 0) is 5.92 Å². The first kappa shape index (κ1) is 10.7. The van der Waals surface area contributed by atoms with Crippen molar-refractivity contribution in [1.29, 1.82) is 0 Å². The van der Waals surface area contributed by atoms with Crippen molar-refractivity contribution in [3.63, 3.8) is 0 Å². The maximum absolute atomic E-state index is 11.4. The first-order valence-electron chi connectivity index (χ1n) is 4.83. The van der Waals surface area contributed by atoms with Gasteiger partial charge >= 0.3 is 0 Å². The molecule has 1 heterocycles. The van der Waals surface area contributed by atoms with Crippen molar-refractivity contribution in [3.8, 4) is 0 Å². The maximum Gasteiger partial charge on any atom is 0.290 e. The first-order chi connectivity index (χ1) is 6.63. The molecule has 0 fully saturated rings. The van der Waals surface area contributed by atoms with Crippen LogP contribution in [0, 0.1) is 5.92 Å². The number of carbonyl (C=O) groups is 1. The van der Waals surface area contributed by atoms with Crippen LogP contribution in [0.25, 0.3) is 0 Å². The Morgan fingerprint density at radius 2 is 2.29 bits per heavy atom. The van der Waals surface area contributed by atoms with Crippen LogP contribution in [0.3, 0.4) is 0 Å². The number of nitrogens with zero attached hydrogens (tertiary/aromatic N) is 2. The second-order valence-electron chi connectivity index (χ2n) is 3.56. The molecule has 5 nitrogen and oxygen atoms in total. The Morgan fingerprint density at radius 3 is 2.79 bits per heavy atom. The van der Waals surface area contributed by atoms with Crippen LogP contribution in [0.5, 0.6) is 0 Å². The first-order valence-corrected chi connectivity index (χ1v) is 4.83. The van der Waals surface area contributed by atoms with Gasteiger partial charge in [-0.1, -0.05) is 20.8 Å². The van der Waals surface area contributed by atoms with Crippen LogP contribution in [0.4, 0.5) is 0 Å². The average molecular weight is 196 g/mol. The Morgan fingerprint density at radius 1 is 1.57 bits per heavy atom. The van der Waals surface area contributed by atoms with E-state index < -0.39 is 0 Å². The van der Waals surface area contributed by atoms with Crippen LogP contribution in [-0.4, -0.2) is 27.6 Å². The lowest BCUT2D eigenvalue weighted by Crippen LogP contribution is -2.28. The predicted molar refractivity (Wildman–Crippen MR) is 52.9 cm³/mol. The zero-order valence-electron chi connectivity index (χ0n) is 8.79. The summed E-state index contributed by atoms with van der Waals surface area (Å²) in [5, 5.41) is 9.27. The molecule has 1 rings (SSSR count). The van der Waals surface area contributed by atoms with E-state index in [0.717, 1.165) is 12.2 Å². The molecule has 0 aliphatic heterocycles. The highest BCUT2D eigenvalue weighted by Gasteiger charge is 2.11. The monoisotopic (exact) mass is 196 g/mol. The smallest absolute Gasteiger partial charge is 0.290 e. The molecule has 0 atom stereocenters. The van der Waals surface area contributed by atoms with Crippen molar-refractivity contribution in [2.24, 2.45) is 5.92 Å². The number of rotatable bonds is 4. The third kappa shape index (κ3) is 2.83. The minimum atomic E-state index is -0.213. The van der Waals surface area contributed by atoms with Crippen molar-refractivity contribution in [2.45, 2.75) is 27.2 Å². The summed E-state index contributed by atoms with van der Waals surface area (Å²) in [6, 6.07) is 0. The Hall–Kier alpha value is -1.39. The van der Waals surface area contributed by atoms with Gasteiger partial charge in [0.25, 0.3) is 5.91 Å². The molecule has 0 saturated heterocycles. The lowest BCUT2D eigenvalue weighted by atomic mass is 10.2. The molecule has 1 amide bonds. The van der Waals surface area contributed by atoms with Crippen molar-refractivity contribution in [2.75, 3.05) is 6.54 Å². The number of aromatic amines is 1. The quantitative estimate of drug-likeness (QED) is 0.746. The maximum atomic E-state index is 11.4. The van der Waals surface area contributed by atoms with E-state index >= 15 is 0 Å². The molecule has 0 bridgehead atoms. The largest absolute Gasteiger partial charge is 0.349 e. The summed E-state index contributed by atoms with van der Waals surface area (Å²) in [7, 11) is 0. The normalized spacial score (nSPS) is 10.6. The third-order valence-electron chi connectivity index (χ3n) is 1.74. The molecule has 2 N–H and O–H groups in total. The fraction of sp³-hybridized carbons (Fsp3) is 0.667. The van der Waals surface area contributed by atoms with Crippen molar-refractivity contribution >= 4 is 5.91 Å². The number of carbonyl (C=O) groups excluding carboxylic acids is 1. The molecular weight excluding hydrogens is 180 g/mol. The number of aryl methyl sites for hydroxylation is 1. The second-order valence-corrected chi connectivity index (χ2v) is 3.56. The number of hydrogen-bond acceptors (Lipinski definition) is 3. The van der Waals surface area contributed by atoms with E-state index in [1.807, 2.05) is 20.8 Å². The van der Waals surface area contributed by atoms with Gasteiger partial charge in [0.15, 0.2) is 0 Å². The number of H-pyrrole nitrogens is 1. The molecule has 1 aromatic heterocycles. The molecule has 0 spiro atoms. The zero-order chi connectivity index (χ0) is 10.6.